The molecule has 2 nitrogen and oxygen atoms in total. The highest BCUT2D eigenvalue weighted by atomic mass is 32.2. The zero-order valence-corrected chi connectivity index (χ0v) is 11.9. The van der Waals surface area contributed by atoms with E-state index in [1.54, 1.807) is 12.1 Å². The summed E-state index contributed by atoms with van der Waals surface area (Å²) in [5.41, 5.74) is 0.597. The van der Waals surface area contributed by atoms with Crippen LogP contribution in [0.25, 0.3) is 10.9 Å². The summed E-state index contributed by atoms with van der Waals surface area (Å²) in [7, 11) is 0. The molecule has 0 saturated carbocycles. The lowest BCUT2D eigenvalue weighted by atomic mass is 10.1. The van der Waals surface area contributed by atoms with Gasteiger partial charge in [-0.2, -0.15) is 13.2 Å². The zero-order valence-electron chi connectivity index (χ0n) is 11.1. The van der Waals surface area contributed by atoms with Crippen molar-refractivity contribution in [3.63, 3.8) is 0 Å². The summed E-state index contributed by atoms with van der Waals surface area (Å²) < 4.78 is 39.4. The fourth-order valence-electron chi connectivity index (χ4n) is 2.50. The Morgan fingerprint density at radius 1 is 0.955 bits per heavy atom. The maximum atomic E-state index is 13.1. The molecule has 0 unspecified atom stereocenters. The van der Waals surface area contributed by atoms with Crippen molar-refractivity contribution in [3.8, 4) is 0 Å². The third kappa shape index (κ3) is 2.11. The predicted molar refractivity (Wildman–Crippen MR) is 80.6 cm³/mol. The molecule has 4 rings (SSSR count). The highest BCUT2D eigenvalue weighted by molar-refractivity contribution is 7.99. The van der Waals surface area contributed by atoms with Crippen molar-refractivity contribution < 1.29 is 13.2 Å². The van der Waals surface area contributed by atoms with Gasteiger partial charge < -0.3 is 5.32 Å². The molecule has 22 heavy (non-hydrogen) atoms. The summed E-state index contributed by atoms with van der Waals surface area (Å²) in [6.07, 6.45) is -4.39. The minimum atomic E-state index is -4.39. The molecule has 3 aromatic rings. The highest BCUT2D eigenvalue weighted by Crippen LogP contribution is 2.45. The molecule has 0 bridgehead atoms. The van der Waals surface area contributed by atoms with Gasteiger partial charge in [-0.1, -0.05) is 30.0 Å². The largest absolute Gasteiger partial charge is 0.417 e. The van der Waals surface area contributed by atoms with Crippen LogP contribution in [-0.4, -0.2) is 4.98 Å². The van der Waals surface area contributed by atoms with E-state index in [1.165, 1.54) is 17.8 Å². The average Bonchev–Trinajstić information content (AvgIpc) is 2.49. The molecule has 110 valence electrons. The van der Waals surface area contributed by atoms with Gasteiger partial charge in [-0.25, -0.2) is 4.98 Å². The van der Waals surface area contributed by atoms with Crippen LogP contribution in [0.3, 0.4) is 0 Å². The lowest BCUT2D eigenvalue weighted by molar-refractivity contribution is -0.136. The van der Waals surface area contributed by atoms with E-state index in [0.29, 0.717) is 16.2 Å². The third-order valence-corrected chi connectivity index (χ3v) is 4.60. The van der Waals surface area contributed by atoms with Crippen LogP contribution in [-0.2, 0) is 6.18 Å². The van der Waals surface area contributed by atoms with E-state index in [4.69, 9.17) is 0 Å². The van der Waals surface area contributed by atoms with E-state index in [9.17, 15) is 13.2 Å². The number of benzene rings is 2. The van der Waals surface area contributed by atoms with E-state index in [0.717, 1.165) is 16.6 Å². The maximum Gasteiger partial charge on any atom is 0.417 e. The average molecular weight is 318 g/mol. The Hall–Kier alpha value is -2.21. The van der Waals surface area contributed by atoms with Gasteiger partial charge in [-0.05, 0) is 30.3 Å². The lowest BCUT2D eigenvalue weighted by Gasteiger charge is -2.21. The number of pyridine rings is 1. The van der Waals surface area contributed by atoms with Crippen LogP contribution >= 0.6 is 11.8 Å². The molecule has 0 aliphatic carbocycles. The molecule has 1 aromatic heterocycles. The predicted octanol–water partition coefficient (Wildman–Crippen LogP) is 5.46. The summed E-state index contributed by atoms with van der Waals surface area (Å²) in [5, 5.41) is 3.30. The Bertz CT molecular complexity index is 890. The van der Waals surface area contributed by atoms with E-state index in [2.05, 4.69) is 10.3 Å². The first-order valence-electron chi connectivity index (χ1n) is 6.57. The number of rotatable bonds is 0. The van der Waals surface area contributed by atoms with Gasteiger partial charge in [0.25, 0.3) is 0 Å². The first-order valence-corrected chi connectivity index (χ1v) is 7.39. The van der Waals surface area contributed by atoms with E-state index in [-0.39, 0.29) is 5.39 Å². The van der Waals surface area contributed by atoms with E-state index in [1.807, 2.05) is 24.3 Å². The second kappa shape index (κ2) is 4.64. The topological polar surface area (TPSA) is 24.9 Å². The summed E-state index contributed by atoms with van der Waals surface area (Å²) in [6, 6.07) is 13.3. The maximum absolute atomic E-state index is 13.1. The molecule has 0 amide bonds. The number of halogens is 3. The van der Waals surface area contributed by atoms with Gasteiger partial charge >= 0.3 is 6.18 Å². The molecule has 2 heterocycles. The molecular formula is C16H9F3N2S. The molecule has 0 saturated heterocycles. The number of anilines is 2. The number of para-hydroxylation sites is 1. The smallest absolute Gasteiger partial charge is 0.338 e. The van der Waals surface area contributed by atoms with Crippen LogP contribution < -0.4 is 5.32 Å². The minimum Gasteiger partial charge on any atom is -0.338 e. The van der Waals surface area contributed by atoms with Crippen molar-refractivity contribution in [1.82, 2.24) is 4.98 Å². The normalized spacial score (nSPS) is 13.4. The molecule has 1 N–H and O–H groups in total. The summed E-state index contributed by atoms with van der Waals surface area (Å²) in [5.74, 6) is 0.593. The van der Waals surface area contributed by atoms with Crippen LogP contribution in [0.1, 0.15) is 5.56 Å². The molecule has 0 radical (unpaired) electrons. The first-order chi connectivity index (χ1) is 10.5. The van der Waals surface area contributed by atoms with Crippen molar-refractivity contribution in [3.05, 3.63) is 54.1 Å². The van der Waals surface area contributed by atoms with Gasteiger partial charge in [0.1, 0.15) is 5.82 Å². The van der Waals surface area contributed by atoms with Crippen LogP contribution in [0.5, 0.6) is 0 Å². The highest BCUT2D eigenvalue weighted by Gasteiger charge is 2.33. The number of hydrogen-bond donors (Lipinski definition) is 1. The molecule has 1 aliphatic rings. The fourth-order valence-corrected chi connectivity index (χ4v) is 3.48. The van der Waals surface area contributed by atoms with Crippen molar-refractivity contribution in [2.24, 2.45) is 0 Å². The fraction of sp³-hybridized carbons (Fsp3) is 0.0625. The Labute approximate surface area is 128 Å². The van der Waals surface area contributed by atoms with Gasteiger partial charge in [-0.3, -0.25) is 0 Å². The monoisotopic (exact) mass is 318 g/mol. The SMILES string of the molecule is FC(F)(F)c1cccc2nc3c(cc12)Sc1ccccc1N3. The Morgan fingerprint density at radius 2 is 1.77 bits per heavy atom. The molecule has 1 aliphatic heterocycles. The summed E-state index contributed by atoms with van der Waals surface area (Å²) in [4.78, 5) is 6.03. The molecule has 2 aromatic carbocycles. The molecular weight excluding hydrogens is 309 g/mol. The minimum absolute atomic E-state index is 0.127. The van der Waals surface area contributed by atoms with Gasteiger partial charge in [0.2, 0.25) is 0 Å². The van der Waals surface area contributed by atoms with Gasteiger partial charge in [0.15, 0.2) is 0 Å². The van der Waals surface area contributed by atoms with Crippen molar-refractivity contribution in [2.45, 2.75) is 16.0 Å². The number of aromatic nitrogens is 1. The number of nitrogens with one attached hydrogen (secondary N) is 1. The van der Waals surface area contributed by atoms with Gasteiger partial charge in [0.05, 0.1) is 21.7 Å². The second-order valence-electron chi connectivity index (χ2n) is 4.93. The quantitative estimate of drug-likeness (QED) is 0.466. The number of hydrogen-bond acceptors (Lipinski definition) is 3. The van der Waals surface area contributed by atoms with Crippen LogP contribution in [0.4, 0.5) is 24.7 Å². The zero-order chi connectivity index (χ0) is 15.3. The molecule has 0 spiro atoms. The third-order valence-electron chi connectivity index (χ3n) is 3.49. The van der Waals surface area contributed by atoms with Crippen LogP contribution in [0.2, 0.25) is 0 Å². The lowest BCUT2D eigenvalue weighted by Crippen LogP contribution is -2.07. The Balaban J connectivity index is 1.93. The number of fused-ring (bicyclic) bond motifs is 3. The first kappa shape index (κ1) is 13.5. The standard InChI is InChI=1S/C16H9F3N2S/c17-16(18,19)10-4-3-6-11-9(10)8-14-15(20-11)21-12-5-1-2-7-13(12)22-14/h1-8H,(H,20,21). The van der Waals surface area contributed by atoms with Gasteiger partial charge in [-0.15, -0.1) is 0 Å². The Morgan fingerprint density at radius 3 is 2.59 bits per heavy atom. The van der Waals surface area contributed by atoms with Crippen LogP contribution in [0, 0.1) is 0 Å². The van der Waals surface area contributed by atoms with Gasteiger partial charge in [0, 0.05) is 10.3 Å². The molecule has 6 heteroatoms. The van der Waals surface area contributed by atoms with Crippen molar-refractivity contribution in [1.29, 1.82) is 0 Å². The second-order valence-corrected chi connectivity index (χ2v) is 6.01. The molecule has 0 fully saturated rings. The number of nitrogens with zero attached hydrogens (tertiary/aromatic N) is 1. The summed E-state index contributed by atoms with van der Waals surface area (Å²) >= 11 is 1.42. The van der Waals surface area contributed by atoms with E-state index >= 15 is 0 Å². The van der Waals surface area contributed by atoms with Crippen LogP contribution in [0.15, 0.2) is 58.3 Å². The van der Waals surface area contributed by atoms with Crippen molar-refractivity contribution >= 4 is 34.2 Å². The number of alkyl halides is 3. The van der Waals surface area contributed by atoms with Crippen molar-refractivity contribution in [2.75, 3.05) is 5.32 Å². The molecule has 0 atom stereocenters. The van der Waals surface area contributed by atoms with E-state index < -0.39 is 11.7 Å². The summed E-state index contributed by atoms with van der Waals surface area (Å²) in [6.45, 7) is 0. The Kier molecular flexibility index (Phi) is 2.84.